The fourth-order valence-corrected chi connectivity index (χ4v) is 2.82. The second kappa shape index (κ2) is 4.92. The zero-order chi connectivity index (χ0) is 11.7. The van der Waals surface area contributed by atoms with Gasteiger partial charge in [-0.15, -0.1) is 11.6 Å². The fraction of sp³-hybridized carbons (Fsp3) is 0.583. The van der Waals surface area contributed by atoms with Crippen LogP contribution in [0.4, 0.5) is 5.82 Å². The van der Waals surface area contributed by atoms with Crippen molar-refractivity contribution in [2.45, 2.75) is 25.6 Å². The first-order valence-electron chi connectivity index (χ1n) is 5.59. The molecule has 4 heteroatoms. The molecule has 88 valence electrons. The Bertz CT molecular complexity index is 383. The van der Waals surface area contributed by atoms with Crippen molar-refractivity contribution < 1.29 is 0 Å². The largest absolute Gasteiger partial charge is 0.355 e. The number of hydrogen-bond acceptors (Lipinski definition) is 2. The normalized spacial score (nSPS) is 25.9. The van der Waals surface area contributed by atoms with E-state index < -0.39 is 0 Å². The van der Waals surface area contributed by atoms with Crippen LogP contribution in [0.15, 0.2) is 16.7 Å². The molecule has 2 atom stereocenters. The molecule has 0 spiro atoms. The van der Waals surface area contributed by atoms with E-state index in [4.69, 9.17) is 11.6 Å². The SMILES string of the molecule is Cc1cc(Br)cnc1N1CCC(C)C(Cl)C1. The van der Waals surface area contributed by atoms with Gasteiger partial charge in [-0.1, -0.05) is 6.92 Å². The molecule has 0 radical (unpaired) electrons. The van der Waals surface area contributed by atoms with E-state index in [-0.39, 0.29) is 5.38 Å². The van der Waals surface area contributed by atoms with Crippen LogP contribution in [0.2, 0.25) is 0 Å². The first-order chi connectivity index (χ1) is 7.58. The van der Waals surface area contributed by atoms with Crippen molar-refractivity contribution in [1.29, 1.82) is 0 Å². The van der Waals surface area contributed by atoms with Gasteiger partial charge in [0.05, 0.1) is 5.38 Å². The first-order valence-corrected chi connectivity index (χ1v) is 6.82. The molecule has 0 aliphatic carbocycles. The topological polar surface area (TPSA) is 16.1 Å². The summed E-state index contributed by atoms with van der Waals surface area (Å²) in [4.78, 5) is 6.77. The van der Waals surface area contributed by atoms with Crippen LogP contribution in [0.25, 0.3) is 0 Å². The maximum Gasteiger partial charge on any atom is 0.131 e. The van der Waals surface area contributed by atoms with Crippen molar-refractivity contribution in [3.63, 3.8) is 0 Å². The van der Waals surface area contributed by atoms with Crippen molar-refractivity contribution in [1.82, 2.24) is 4.98 Å². The molecule has 1 aliphatic heterocycles. The number of rotatable bonds is 1. The third-order valence-corrected chi connectivity index (χ3v) is 4.19. The molecule has 0 aromatic carbocycles. The van der Waals surface area contributed by atoms with Gasteiger partial charge < -0.3 is 4.90 Å². The Morgan fingerprint density at radius 1 is 1.56 bits per heavy atom. The van der Waals surface area contributed by atoms with Gasteiger partial charge in [-0.05, 0) is 46.8 Å². The van der Waals surface area contributed by atoms with Gasteiger partial charge in [0, 0.05) is 23.8 Å². The summed E-state index contributed by atoms with van der Waals surface area (Å²) in [7, 11) is 0. The zero-order valence-corrected chi connectivity index (χ0v) is 11.9. The molecule has 0 bridgehead atoms. The number of piperidine rings is 1. The van der Waals surface area contributed by atoms with Crippen LogP contribution in [0.1, 0.15) is 18.9 Å². The molecular formula is C12H16BrClN2. The highest BCUT2D eigenvalue weighted by atomic mass is 79.9. The molecule has 1 saturated heterocycles. The number of alkyl halides is 1. The fourth-order valence-electron chi connectivity index (χ4n) is 2.08. The summed E-state index contributed by atoms with van der Waals surface area (Å²) in [5.74, 6) is 1.68. The first kappa shape index (κ1) is 12.2. The molecule has 0 amide bonds. The number of hydrogen-bond donors (Lipinski definition) is 0. The minimum absolute atomic E-state index is 0.235. The quantitative estimate of drug-likeness (QED) is 0.737. The zero-order valence-electron chi connectivity index (χ0n) is 9.58. The molecule has 16 heavy (non-hydrogen) atoms. The van der Waals surface area contributed by atoms with Crippen LogP contribution < -0.4 is 4.90 Å². The molecule has 1 aromatic rings. The number of nitrogens with zero attached hydrogens (tertiary/aromatic N) is 2. The van der Waals surface area contributed by atoms with Crippen molar-refractivity contribution in [3.05, 3.63) is 22.3 Å². The van der Waals surface area contributed by atoms with Crippen LogP contribution in [-0.4, -0.2) is 23.5 Å². The average Bonchev–Trinajstić information content (AvgIpc) is 2.22. The lowest BCUT2D eigenvalue weighted by Gasteiger charge is -2.35. The average molecular weight is 304 g/mol. The standard InChI is InChI=1S/C12H16BrClN2/c1-8-3-4-16(7-11(8)14)12-9(2)5-10(13)6-15-12/h5-6,8,11H,3-4,7H2,1-2H3. The van der Waals surface area contributed by atoms with E-state index in [2.05, 4.69) is 45.7 Å². The lowest BCUT2D eigenvalue weighted by Crippen LogP contribution is -2.41. The van der Waals surface area contributed by atoms with Gasteiger partial charge in [0.15, 0.2) is 0 Å². The van der Waals surface area contributed by atoms with Crippen LogP contribution in [-0.2, 0) is 0 Å². The molecule has 0 saturated carbocycles. The van der Waals surface area contributed by atoms with Crippen LogP contribution in [0, 0.1) is 12.8 Å². The second-order valence-electron chi connectivity index (χ2n) is 4.52. The number of halogens is 2. The lowest BCUT2D eigenvalue weighted by atomic mass is 9.98. The molecule has 2 unspecified atom stereocenters. The van der Waals surface area contributed by atoms with E-state index >= 15 is 0 Å². The van der Waals surface area contributed by atoms with Gasteiger partial charge in [-0.2, -0.15) is 0 Å². The minimum atomic E-state index is 0.235. The Kier molecular flexibility index (Phi) is 3.75. The summed E-state index contributed by atoms with van der Waals surface area (Å²) >= 11 is 9.75. The van der Waals surface area contributed by atoms with Crippen molar-refractivity contribution >= 4 is 33.3 Å². The van der Waals surface area contributed by atoms with E-state index in [1.807, 2.05) is 6.20 Å². The molecule has 2 nitrogen and oxygen atoms in total. The van der Waals surface area contributed by atoms with E-state index in [9.17, 15) is 0 Å². The van der Waals surface area contributed by atoms with Gasteiger partial charge in [0.1, 0.15) is 5.82 Å². The highest BCUT2D eigenvalue weighted by Gasteiger charge is 2.25. The van der Waals surface area contributed by atoms with Crippen molar-refractivity contribution in [2.24, 2.45) is 5.92 Å². The van der Waals surface area contributed by atoms with Crippen LogP contribution in [0.3, 0.4) is 0 Å². The summed E-state index contributed by atoms with van der Waals surface area (Å²) in [6, 6.07) is 2.10. The molecule has 1 aliphatic rings. The molecule has 2 heterocycles. The summed E-state index contributed by atoms with van der Waals surface area (Å²) in [6.07, 6.45) is 2.99. The lowest BCUT2D eigenvalue weighted by molar-refractivity contribution is 0.443. The number of pyridine rings is 1. The van der Waals surface area contributed by atoms with E-state index in [1.165, 1.54) is 5.56 Å². The van der Waals surface area contributed by atoms with Gasteiger partial charge in [-0.3, -0.25) is 0 Å². The third-order valence-electron chi connectivity index (χ3n) is 3.18. The Hall–Kier alpha value is -0.280. The Morgan fingerprint density at radius 2 is 2.31 bits per heavy atom. The summed E-state index contributed by atoms with van der Waals surface area (Å²) in [6.45, 7) is 6.27. The Morgan fingerprint density at radius 3 is 2.94 bits per heavy atom. The molecule has 1 aromatic heterocycles. The summed E-state index contributed by atoms with van der Waals surface area (Å²) in [5, 5.41) is 0.235. The Labute approximate surface area is 110 Å². The minimum Gasteiger partial charge on any atom is -0.355 e. The summed E-state index contributed by atoms with van der Waals surface area (Å²) < 4.78 is 1.03. The van der Waals surface area contributed by atoms with Crippen LogP contribution in [0.5, 0.6) is 0 Å². The number of aromatic nitrogens is 1. The highest BCUT2D eigenvalue weighted by molar-refractivity contribution is 9.10. The van der Waals surface area contributed by atoms with Gasteiger partial charge >= 0.3 is 0 Å². The van der Waals surface area contributed by atoms with E-state index in [0.717, 1.165) is 29.8 Å². The molecule has 0 N–H and O–H groups in total. The maximum absolute atomic E-state index is 6.32. The monoisotopic (exact) mass is 302 g/mol. The van der Waals surface area contributed by atoms with Gasteiger partial charge in [0.25, 0.3) is 0 Å². The second-order valence-corrected chi connectivity index (χ2v) is 6.00. The van der Waals surface area contributed by atoms with E-state index in [1.54, 1.807) is 0 Å². The molecular weight excluding hydrogens is 288 g/mol. The molecule has 1 fully saturated rings. The number of aryl methyl sites for hydroxylation is 1. The Balaban J connectivity index is 2.18. The van der Waals surface area contributed by atoms with Gasteiger partial charge in [-0.25, -0.2) is 4.98 Å². The van der Waals surface area contributed by atoms with E-state index in [0.29, 0.717) is 5.92 Å². The van der Waals surface area contributed by atoms with Gasteiger partial charge in [0.2, 0.25) is 0 Å². The third kappa shape index (κ3) is 2.51. The summed E-state index contributed by atoms with van der Waals surface area (Å²) in [5.41, 5.74) is 1.20. The van der Waals surface area contributed by atoms with Crippen LogP contribution >= 0.6 is 27.5 Å². The molecule has 2 rings (SSSR count). The van der Waals surface area contributed by atoms with Crippen molar-refractivity contribution in [2.75, 3.05) is 18.0 Å². The smallest absolute Gasteiger partial charge is 0.131 e. The number of anilines is 1. The maximum atomic E-state index is 6.32. The predicted molar refractivity (Wildman–Crippen MR) is 72.3 cm³/mol. The highest BCUT2D eigenvalue weighted by Crippen LogP contribution is 2.28. The predicted octanol–water partition coefficient (Wildman–Crippen LogP) is 3.61. The van der Waals surface area contributed by atoms with Crippen molar-refractivity contribution in [3.8, 4) is 0 Å².